The number of aryl methyl sites for hydroxylation is 2. The minimum atomic E-state index is -0.259. The molecule has 2 N–H and O–H groups in total. The Morgan fingerprint density at radius 2 is 1.63 bits per heavy atom. The van der Waals surface area contributed by atoms with Crippen molar-refractivity contribution in [3.8, 4) is 5.75 Å². The summed E-state index contributed by atoms with van der Waals surface area (Å²) < 4.78 is 5.43. The standard InChI is InChI=1S/C32H37N3O3/c1-38-30-13-6-5-10-26(30)20-33-31(36)27-18-28(22-35(21-27)17-16-23-8-3-2-4-9-23)32(37)34-29-15-14-24-11-7-12-25(24)19-29/h2-6,8-10,13-15,19,27-28H,7,11-12,16-18,20-22H2,1H3,(H,33,36)(H,34,37)/t27-,28+/m0/s1. The maximum atomic E-state index is 13.4. The Bertz CT molecular complexity index is 1260. The molecule has 5 rings (SSSR count). The third kappa shape index (κ3) is 6.43. The van der Waals surface area contributed by atoms with Crippen LogP contribution in [0.25, 0.3) is 0 Å². The van der Waals surface area contributed by atoms with Crippen LogP contribution in [-0.4, -0.2) is 43.5 Å². The Kier molecular flexibility index (Phi) is 8.39. The van der Waals surface area contributed by atoms with Gasteiger partial charge in [0.15, 0.2) is 0 Å². The molecule has 38 heavy (non-hydrogen) atoms. The van der Waals surface area contributed by atoms with Gasteiger partial charge in [0.1, 0.15) is 5.75 Å². The summed E-state index contributed by atoms with van der Waals surface area (Å²) in [5, 5.41) is 6.25. The van der Waals surface area contributed by atoms with E-state index in [1.165, 1.54) is 23.1 Å². The van der Waals surface area contributed by atoms with E-state index < -0.39 is 0 Å². The minimum Gasteiger partial charge on any atom is -0.496 e. The second-order valence-electron chi connectivity index (χ2n) is 10.5. The Labute approximate surface area is 225 Å². The quantitative estimate of drug-likeness (QED) is 0.440. The minimum absolute atomic E-state index is 0.00473. The molecule has 1 saturated heterocycles. The maximum Gasteiger partial charge on any atom is 0.228 e. The highest BCUT2D eigenvalue weighted by Crippen LogP contribution is 2.28. The number of rotatable bonds is 9. The number of hydrogen-bond acceptors (Lipinski definition) is 4. The van der Waals surface area contributed by atoms with Gasteiger partial charge in [-0.3, -0.25) is 9.59 Å². The van der Waals surface area contributed by atoms with Gasteiger partial charge in [-0.05, 0) is 67.0 Å². The van der Waals surface area contributed by atoms with Crippen LogP contribution in [0.2, 0.25) is 0 Å². The monoisotopic (exact) mass is 511 g/mol. The van der Waals surface area contributed by atoms with Gasteiger partial charge in [-0.2, -0.15) is 0 Å². The predicted octanol–water partition coefficient (Wildman–Crippen LogP) is 4.62. The van der Waals surface area contributed by atoms with Gasteiger partial charge in [-0.15, -0.1) is 0 Å². The van der Waals surface area contributed by atoms with Crippen molar-refractivity contribution in [3.05, 3.63) is 95.1 Å². The number of anilines is 1. The summed E-state index contributed by atoms with van der Waals surface area (Å²) in [6, 6.07) is 24.3. The molecule has 3 aromatic rings. The van der Waals surface area contributed by atoms with E-state index in [0.717, 1.165) is 42.8 Å². The van der Waals surface area contributed by atoms with E-state index in [9.17, 15) is 9.59 Å². The number of nitrogens with zero attached hydrogens (tertiary/aromatic N) is 1. The number of piperidine rings is 1. The lowest BCUT2D eigenvalue weighted by atomic mass is 9.87. The first-order valence-electron chi connectivity index (χ1n) is 13.7. The summed E-state index contributed by atoms with van der Waals surface area (Å²) in [6.07, 6.45) is 4.79. The Hall–Kier alpha value is -3.64. The third-order valence-electron chi connectivity index (χ3n) is 7.84. The third-order valence-corrected chi connectivity index (χ3v) is 7.84. The van der Waals surface area contributed by atoms with Crippen molar-refractivity contribution >= 4 is 17.5 Å². The smallest absolute Gasteiger partial charge is 0.228 e. The molecule has 0 spiro atoms. The normalized spacial score (nSPS) is 19.0. The van der Waals surface area contributed by atoms with Gasteiger partial charge in [0.25, 0.3) is 0 Å². The van der Waals surface area contributed by atoms with Crippen LogP contribution in [0.3, 0.4) is 0 Å². The topological polar surface area (TPSA) is 70.7 Å². The molecule has 6 heteroatoms. The fourth-order valence-electron chi connectivity index (χ4n) is 5.75. The average Bonchev–Trinajstić information content (AvgIpc) is 3.43. The molecule has 1 aliphatic heterocycles. The van der Waals surface area contributed by atoms with Crippen molar-refractivity contribution < 1.29 is 14.3 Å². The second-order valence-corrected chi connectivity index (χ2v) is 10.5. The van der Waals surface area contributed by atoms with Crippen molar-refractivity contribution in [2.75, 3.05) is 32.1 Å². The number of ether oxygens (including phenoxy) is 1. The molecule has 1 aliphatic carbocycles. The SMILES string of the molecule is COc1ccccc1CNC(=O)[C@H]1C[C@@H](C(=O)Nc2ccc3c(c2)CCC3)CN(CCc2ccccc2)C1. The van der Waals surface area contributed by atoms with E-state index in [1.54, 1.807) is 7.11 Å². The van der Waals surface area contributed by atoms with Crippen LogP contribution >= 0.6 is 0 Å². The molecule has 0 aromatic heterocycles. The van der Waals surface area contributed by atoms with E-state index in [-0.39, 0.29) is 23.7 Å². The lowest BCUT2D eigenvalue weighted by Crippen LogP contribution is -2.49. The number of likely N-dealkylation sites (tertiary alicyclic amines) is 1. The van der Waals surface area contributed by atoms with Crippen molar-refractivity contribution in [2.24, 2.45) is 11.8 Å². The maximum absolute atomic E-state index is 13.4. The van der Waals surface area contributed by atoms with Gasteiger partial charge in [0.05, 0.1) is 18.9 Å². The van der Waals surface area contributed by atoms with Crippen LogP contribution in [0.5, 0.6) is 5.75 Å². The molecule has 2 atom stereocenters. The molecule has 0 saturated carbocycles. The van der Waals surface area contributed by atoms with Crippen LogP contribution in [0.15, 0.2) is 72.8 Å². The molecule has 2 amide bonds. The number of benzene rings is 3. The highest BCUT2D eigenvalue weighted by Gasteiger charge is 2.35. The van der Waals surface area contributed by atoms with Gasteiger partial charge in [0.2, 0.25) is 11.8 Å². The van der Waals surface area contributed by atoms with Crippen molar-refractivity contribution in [3.63, 3.8) is 0 Å². The molecular weight excluding hydrogens is 474 g/mol. The second kappa shape index (κ2) is 12.3. The number of carbonyl (C=O) groups excluding carboxylic acids is 2. The Balaban J connectivity index is 1.26. The van der Waals surface area contributed by atoms with E-state index in [4.69, 9.17) is 4.74 Å². The fraction of sp³-hybridized carbons (Fsp3) is 0.375. The molecule has 0 radical (unpaired) electrons. The molecule has 6 nitrogen and oxygen atoms in total. The first kappa shape index (κ1) is 26.0. The van der Waals surface area contributed by atoms with Gasteiger partial charge in [-0.25, -0.2) is 0 Å². The molecule has 0 unspecified atom stereocenters. The lowest BCUT2D eigenvalue weighted by Gasteiger charge is -2.36. The number of hydrogen-bond donors (Lipinski definition) is 2. The number of fused-ring (bicyclic) bond motifs is 1. The Morgan fingerprint density at radius 3 is 2.45 bits per heavy atom. The molecule has 0 bridgehead atoms. The predicted molar refractivity (Wildman–Crippen MR) is 150 cm³/mol. The van der Waals surface area contributed by atoms with E-state index in [0.29, 0.717) is 26.1 Å². The van der Waals surface area contributed by atoms with E-state index in [1.807, 2.05) is 48.5 Å². The fourth-order valence-corrected chi connectivity index (χ4v) is 5.75. The molecule has 1 fully saturated rings. The largest absolute Gasteiger partial charge is 0.496 e. The van der Waals surface area contributed by atoms with Crippen molar-refractivity contribution in [1.29, 1.82) is 0 Å². The van der Waals surface area contributed by atoms with Gasteiger partial charge in [-0.1, -0.05) is 54.6 Å². The summed E-state index contributed by atoms with van der Waals surface area (Å²) in [6.45, 7) is 2.51. The summed E-state index contributed by atoms with van der Waals surface area (Å²) in [7, 11) is 1.64. The number of nitrogens with one attached hydrogen (secondary N) is 2. The number of para-hydroxylation sites is 1. The van der Waals surface area contributed by atoms with E-state index in [2.05, 4.69) is 39.8 Å². The lowest BCUT2D eigenvalue weighted by molar-refractivity contribution is -0.130. The zero-order valence-electron chi connectivity index (χ0n) is 22.1. The molecule has 198 valence electrons. The van der Waals surface area contributed by atoms with E-state index >= 15 is 0 Å². The van der Waals surface area contributed by atoms with Crippen molar-refractivity contribution in [1.82, 2.24) is 10.2 Å². The van der Waals surface area contributed by atoms with Crippen molar-refractivity contribution in [2.45, 2.75) is 38.6 Å². The molecule has 3 aromatic carbocycles. The Morgan fingerprint density at radius 1 is 0.895 bits per heavy atom. The molecule has 1 heterocycles. The summed E-state index contributed by atoms with van der Waals surface area (Å²) in [5.74, 6) is 0.220. The van der Waals surface area contributed by atoms with Gasteiger partial charge < -0.3 is 20.3 Å². The summed E-state index contributed by atoms with van der Waals surface area (Å²) in [4.78, 5) is 29.0. The first-order chi connectivity index (χ1) is 18.6. The summed E-state index contributed by atoms with van der Waals surface area (Å²) in [5.41, 5.74) is 5.78. The number of methoxy groups -OCH3 is 1. The molecule has 2 aliphatic rings. The van der Waals surface area contributed by atoms with Gasteiger partial charge >= 0.3 is 0 Å². The average molecular weight is 512 g/mol. The van der Waals surface area contributed by atoms with Crippen LogP contribution in [0.1, 0.15) is 35.1 Å². The number of amides is 2. The zero-order chi connectivity index (χ0) is 26.3. The van der Waals surface area contributed by atoms with Gasteiger partial charge in [0, 0.05) is 37.4 Å². The highest BCUT2D eigenvalue weighted by atomic mass is 16.5. The molecular formula is C32H37N3O3. The first-order valence-corrected chi connectivity index (χ1v) is 13.7. The van der Waals surface area contributed by atoms with Crippen LogP contribution in [0.4, 0.5) is 5.69 Å². The zero-order valence-corrected chi connectivity index (χ0v) is 22.1. The van der Waals surface area contributed by atoms with Crippen LogP contribution in [-0.2, 0) is 35.4 Å². The van der Waals surface area contributed by atoms with Crippen LogP contribution in [0, 0.1) is 11.8 Å². The number of carbonyl (C=O) groups is 2. The van der Waals surface area contributed by atoms with Crippen LogP contribution < -0.4 is 15.4 Å². The summed E-state index contributed by atoms with van der Waals surface area (Å²) >= 11 is 0. The highest BCUT2D eigenvalue weighted by molar-refractivity contribution is 5.93.